The van der Waals surface area contributed by atoms with Crippen molar-refractivity contribution in [1.29, 1.82) is 0 Å². The largest absolute Gasteiger partial charge is 0.103 e. The summed E-state index contributed by atoms with van der Waals surface area (Å²) in [6.45, 7) is 35.5. The van der Waals surface area contributed by atoms with E-state index in [4.69, 9.17) is 0 Å². The summed E-state index contributed by atoms with van der Waals surface area (Å²) in [4.78, 5) is 0. The van der Waals surface area contributed by atoms with Gasteiger partial charge in [-0.1, -0.05) is 278 Å². The van der Waals surface area contributed by atoms with E-state index in [1.54, 1.807) is 0 Å². The van der Waals surface area contributed by atoms with Gasteiger partial charge in [0.2, 0.25) is 0 Å². The number of fused-ring (bicyclic) bond motifs is 6. The van der Waals surface area contributed by atoms with Crippen LogP contribution < -0.4 is 0 Å². The molecule has 0 nitrogen and oxygen atoms in total. The first-order chi connectivity index (χ1) is 37.1. The maximum atomic E-state index is 4.01. The quantitative estimate of drug-likeness (QED) is 0.0752. The molecule has 78 heavy (non-hydrogen) atoms. The Kier molecular flexibility index (Phi) is 17.9. The molecule has 6 aromatic rings. The van der Waals surface area contributed by atoms with E-state index in [1.807, 2.05) is 6.08 Å². The van der Waals surface area contributed by atoms with E-state index in [9.17, 15) is 0 Å². The lowest BCUT2D eigenvalue weighted by atomic mass is 9.59. The second kappa shape index (κ2) is 24.3. The average Bonchev–Trinajstić information content (AvgIpc) is 4.40. The van der Waals surface area contributed by atoms with Crippen molar-refractivity contribution in [2.24, 2.45) is 0 Å². The minimum Gasteiger partial charge on any atom is -0.103 e. The van der Waals surface area contributed by atoms with Crippen molar-refractivity contribution in [3.8, 4) is 22.3 Å². The minimum atomic E-state index is -0.136. The standard InChI is InChI=1S/C39H46.C21H26.C18H20/c1-8-9-10-16-25-39(29-19-14-15-20-29,28-17-12-11-13-18-28)36-34-26-30(37(2,3)4)21-23-32(34)33-24-22-31(27-35(33)36)38(5,6)7;1-20(2,3)16-7-9-18-14(12-16)11-15-13-17(21(4,5)6)8-10-19(15)18;1-2-3-4-8-15-18(17-13-9-10-14-17)16-11-6-5-7-12-16/h8,11-14,17-24,26-27,36H,1,9-10,15-16,25H2,2-7H3;7-10,12-13H,11H2,1-6H3;2,5-7,9-14H,1,3-4,8,15H2. The monoisotopic (exact) mass is 1030 g/mol. The predicted molar refractivity (Wildman–Crippen MR) is 342 cm³/mol. The topological polar surface area (TPSA) is 0 Å². The van der Waals surface area contributed by atoms with Crippen LogP contribution in [0, 0.1) is 0 Å². The third-order valence-electron chi connectivity index (χ3n) is 16.9. The average molecular weight is 1030 g/mol. The number of rotatable bonds is 14. The van der Waals surface area contributed by atoms with Gasteiger partial charge in [0.1, 0.15) is 0 Å². The van der Waals surface area contributed by atoms with Crippen LogP contribution in [0.1, 0.15) is 202 Å². The van der Waals surface area contributed by atoms with Gasteiger partial charge in [-0.25, -0.2) is 0 Å². The van der Waals surface area contributed by atoms with Crippen molar-refractivity contribution < 1.29 is 0 Å². The first-order valence-corrected chi connectivity index (χ1v) is 29.5. The third kappa shape index (κ3) is 13.0. The molecule has 0 amide bonds. The highest BCUT2D eigenvalue weighted by Crippen LogP contribution is 2.60. The molecule has 0 fully saturated rings. The number of hydrogen-bond donors (Lipinski definition) is 0. The fraction of sp³-hybridized carbons (Fsp3) is 0.359. The van der Waals surface area contributed by atoms with E-state index in [2.05, 4.69) is 278 Å². The molecule has 1 atom stereocenters. The van der Waals surface area contributed by atoms with Crippen molar-refractivity contribution in [3.63, 3.8) is 0 Å². The summed E-state index contributed by atoms with van der Waals surface area (Å²) in [5, 5.41) is 0. The summed E-state index contributed by atoms with van der Waals surface area (Å²) in [6, 6.07) is 50.8. The molecule has 0 bridgehead atoms. The highest BCUT2D eigenvalue weighted by Gasteiger charge is 2.49. The van der Waals surface area contributed by atoms with E-state index in [-0.39, 0.29) is 33.0 Å². The maximum absolute atomic E-state index is 4.01. The molecular formula is C78H92. The molecule has 0 heterocycles. The van der Waals surface area contributed by atoms with Crippen LogP contribution in [0.3, 0.4) is 0 Å². The number of allylic oxidation sites excluding steroid dienone is 12. The summed E-state index contributed by atoms with van der Waals surface area (Å²) in [5.41, 5.74) is 25.0. The first-order valence-electron chi connectivity index (χ1n) is 29.5. The Balaban J connectivity index is 0.000000172. The third-order valence-corrected chi connectivity index (χ3v) is 16.9. The molecule has 4 aliphatic rings. The van der Waals surface area contributed by atoms with Crippen LogP contribution in [0.4, 0.5) is 0 Å². The van der Waals surface area contributed by atoms with Crippen LogP contribution >= 0.6 is 0 Å². The van der Waals surface area contributed by atoms with Crippen LogP contribution in [0.2, 0.25) is 0 Å². The predicted octanol–water partition coefficient (Wildman–Crippen LogP) is 22.1. The highest BCUT2D eigenvalue weighted by atomic mass is 14.5. The normalized spacial score (nSPS) is 15.0. The molecule has 0 N–H and O–H groups in total. The highest BCUT2D eigenvalue weighted by molar-refractivity contribution is 5.82. The molecule has 0 aliphatic heterocycles. The van der Waals surface area contributed by atoms with Crippen molar-refractivity contribution in [2.75, 3.05) is 0 Å². The molecule has 10 rings (SSSR count). The molecule has 1 unspecified atom stereocenters. The smallest absolute Gasteiger partial charge is 0.0309 e. The van der Waals surface area contributed by atoms with Crippen molar-refractivity contribution in [2.45, 2.75) is 180 Å². The van der Waals surface area contributed by atoms with Gasteiger partial charge in [-0.2, -0.15) is 0 Å². The summed E-state index contributed by atoms with van der Waals surface area (Å²) >= 11 is 0. The molecule has 4 aliphatic carbocycles. The molecule has 404 valence electrons. The Bertz CT molecular complexity index is 3080. The molecule has 0 heteroatoms. The van der Waals surface area contributed by atoms with Gasteiger partial charge < -0.3 is 0 Å². The maximum Gasteiger partial charge on any atom is 0.0309 e. The van der Waals surface area contributed by atoms with Gasteiger partial charge in [0.05, 0.1) is 0 Å². The zero-order valence-corrected chi connectivity index (χ0v) is 50.0. The van der Waals surface area contributed by atoms with Gasteiger partial charge in [-0.05, 0) is 174 Å². The van der Waals surface area contributed by atoms with Gasteiger partial charge in [0.15, 0.2) is 0 Å². The summed E-state index contributed by atoms with van der Waals surface area (Å²) in [5.74, 6) is 0.257. The van der Waals surface area contributed by atoms with Crippen molar-refractivity contribution in [3.05, 3.63) is 268 Å². The Hall–Kier alpha value is -6.50. The fourth-order valence-corrected chi connectivity index (χ4v) is 12.3. The van der Waals surface area contributed by atoms with Gasteiger partial charge in [0, 0.05) is 11.3 Å². The van der Waals surface area contributed by atoms with E-state index in [0.29, 0.717) is 0 Å². The Morgan fingerprint density at radius 1 is 0.474 bits per heavy atom. The Morgan fingerprint density at radius 3 is 1.37 bits per heavy atom. The van der Waals surface area contributed by atoms with Crippen LogP contribution in [0.5, 0.6) is 0 Å². The van der Waals surface area contributed by atoms with Gasteiger partial charge in [-0.15, -0.1) is 13.2 Å². The molecule has 0 saturated carbocycles. The lowest BCUT2D eigenvalue weighted by molar-refractivity contribution is 0.403. The van der Waals surface area contributed by atoms with E-state index in [0.717, 1.165) is 38.5 Å². The van der Waals surface area contributed by atoms with Gasteiger partial charge in [-0.3, -0.25) is 0 Å². The Labute approximate surface area is 473 Å². The summed E-state index contributed by atoms with van der Waals surface area (Å²) in [6.07, 6.45) is 31.3. The van der Waals surface area contributed by atoms with Crippen LogP contribution in [-0.2, 0) is 33.5 Å². The van der Waals surface area contributed by atoms with Crippen LogP contribution in [0.15, 0.2) is 212 Å². The van der Waals surface area contributed by atoms with E-state index >= 15 is 0 Å². The van der Waals surface area contributed by atoms with Crippen molar-refractivity contribution >= 4 is 5.57 Å². The summed E-state index contributed by atoms with van der Waals surface area (Å²) < 4.78 is 0. The zero-order valence-electron chi connectivity index (χ0n) is 50.0. The minimum absolute atomic E-state index is 0.0941. The number of benzene rings is 6. The molecular weight excluding hydrogens is 937 g/mol. The molecule has 0 radical (unpaired) electrons. The lowest BCUT2D eigenvalue weighted by Crippen LogP contribution is -2.35. The van der Waals surface area contributed by atoms with Crippen LogP contribution in [-0.4, -0.2) is 0 Å². The summed E-state index contributed by atoms with van der Waals surface area (Å²) in [7, 11) is 0. The fourth-order valence-electron chi connectivity index (χ4n) is 12.3. The van der Waals surface area contributed by atoms with E-state index < -0.39 is 0 Å². The molecule has 0 aromatic heterocycles. The van der Waals surface area contributed by atoms with Crippen LogP contribution in [0.25, 0.3) is 27.8 Å². The lowest BCUT2D eigenvalue weighted by Gasteiger charge is -2.43. The van der Waals surface area contributed by atoms with E-state index in [1.165, 1.54) is 120 Å². The van der Waals surface area contributed by atoms with Gasteiger partial charge >= 0.3 is 0 Å². The van der Waals surface area contributed by atoms with Gasteiger partial charge in [0.25, 0.3) is 0 Å². The molecule has 6 aromatic carbocycles. The number of unbranched alkanes of at least 4 members (excludes halogenated alkanes) is 4. The SMILES string of the molecule is C=CCCCCC(=C1C=CC=C1)c1ccccc1.C=CCCCCC(C1=CCC=C1)(c1ccccc1)C1c2cc(C(C)(C)C)ccc2-c2ccc(C(C)(C)C)cc21.CC(C)(C)c1ccc2c(c1)Cc1cc(C(C)(C)C)ccc1-2. The molecule has 0 saturated heterocycles. The Morgan fingerprint density at radius 2 is 0.923 bits per heavy atom. The molecule has 0 spiro atoms. The second-order valence-electron chi connectivity index (χ2n) is 26.7. The zero-order chi connectivity index (χ0) is 55.9. The number of hydrogen-bond acceptors (Lipinski definition) is 0. The second-order valence-corrected chi connectivity index (χ2v) is 26.7. The first kappa shape index (κ1) is 57.7. The van der Waals surface area contributed by atoms with Crippen molar-refractivity contribution in [1.82, 2.24) is 0 Å².